The van der Waals surface area contributed by atoms with Gasteiger partial charge in [-0.25, -0.2) is 4.79 Å². The topological polar surface area (TPSA) is 98.5 Å². The normalized spacial score (nSPS) is 11.0. The number of halogens is 3. The van der Waals surface area contributed by atoms with Gasteiger partial charge in [0.1, 0.15) is 0 Å². The van der Waals surface area contributed by atoms with Crippen molar-refractivity contribution in [3.05, 3.63) is 69.3 Å². The van der Waals surface area contributed by atoms with Crippen LogP contribution in [-0.4, -0.2) is 23.4 Å². The summed E-state index contributed by atoms with van der Waals surface area (Å²) in [7, 11) is 0. The molecule has 0 aliphatic heterocycles. The Kier molecular flexibility index (Phi) is 5.78. The van der Waals surface area contributed by atoms with Crippen molar-refractivity contribution in [2.75, 3.05) is 11.9 Å². The molecular weight excluding hydrogens is 369 g/mol. The number of ether oxygens (including phenoxy) is 1. The molecule has 27 heavy (non-hydrogen) atoms. The molecule has 2 rings (SSSR count). The summed E-state index contributed by atoms with van der Waals surface area (Å²) in [5, 5.41) is 13.2. The number of nitro groups is 1. The number of nitrogens with zero attached hydrogens (tertiary/aromatic N) is 1. The summed E-state index contributed by atoms with van der Waals surface area (Å²) in [5.74, 6) is -1.90. The van der Waals surface area contributed by atoms with Gasteiger partial charge in [0, 0.05) is 17.3 Å². The van der Waals surface area contributed by atoms with E-state index in [9.17, 15) is 32.9 Å². The van der Waals surface area contributed by atoms with E-state index in [0.717, 1.165) is 24.3 Å². The maximum Gasteiger partial charge on any atom is 0.416 e. The lowest BCUT2D eigenvalue weighted by atomic mass is 10.1. The molecule has 0 saturated carbocycles. The number of benzene rings is 2. The Morgan fingerprint density at radius 3 is 2.52 bits per heavy atom. The van der Waals surface area contributed by atoms with Gasteiger partial charge in [-0.2, -0.15) is 13.2 Å². The Morgan fingerprint density at radius 1 is 1.19 bits per heavy atom. The Balaban J connectivity index is 1.99. The molecule has 0 spiro atoms. The molecule has 0 radical (unpaired) electrons. The van der Waals surface area contributed by atoms with Gasteiger partial charge >= 0.3 is 12.1 Å². The summed E-state index contributed by atoms with van der Waals surface area (Å²) in [4.78, 5) is 33.9. The molecule has 2 aromatic rings. The highest BCUT2D eigenvalue weighted by molar-refractivity contribution is 5.95. The van der Waals surface area contributed by atoms with Crippen LogP contribution < -0.4 is 5.32 Å². The average molecular weight is 382 g/mol. The van der Waals surface area contributed by atoms with Crippen molar-refractivity contribution >= 4 is 23.3 Å². The van der Waals surface area contributed by atoms with E-state index in [-0.39, 0.29) is 16.9 Å². The Labute approximate surface area is 150 Å². The van der Waals surface area contributed by atoms with E-state index in [1.165, 1.54) is 19.1 Å². The molecule has 1 N–H and O–H groups in total. The molecule has 0 atom stereocenters. The van der Waals surface area contributed by atoms with E-state index in [0.29, 0.717) is 11.6 Å². The number of aryl methyl sites for hydroxylation is 1. The van der Waals surface area contributed by atoms with Crippen LogP contribution in [0.4, 0.5) is 24.5 Å². The number of hydrogen-bond donors (Lipinski definition) is 1. The number of anilines is 1. The Hall–Kier alpha value is -3.43. The van der Waals surface area contributed by atoms with Crippen LogP contribution in [0.5, 0.6) is 0 Å². The summed E-state index contributed by atoms with van der Waals surface area (Å²) < 4.78 is 42.6. The SMILES string of the molecule is Cc1ccc(NC(=O)COC(=O)c2cccc(C(F)(F)F)c2)cc1[N+](=O)[O-]. The summed E-state index contributed by atoms with van der Waals surface area (Å²) in [6.45, 7) is 0.761. The van der Waals surface area contributed by atoms with Crippen molar-refractivity contribution in [2.45, 2.75) is 13.1 Å². The highest BCUT2D eigenvalue weighted by atomic mass is 19.4. The second-order valence-corrected chi connectivity index (χ2v) is 5.46. The van der Waals surface area contributed by atoms with Crippen LogP contribution in [0.25, 0.3) is 0 Å². The number of carbonyl (C=O) groups is 2. The van der Waals surface area contributed by atoms with Crippen molar-refractivity contribution < 1.29 is 32.4 Å². The Morgan fingerprint density at radius 2 is 1.89 bits per heavy atom. The zero-order valence-electron chi connectivity index (χ0n) is 13.9. The predicted octanol–water partition coefficient (Wildman–Crippen LogP) is 3.72. The quantitative estimate of drug-likeness (QED) is 0.483. The van der Waals surface area contributed by atoms with Crippen molar-refractivity contribution in [3.63, 3.8) is 0 Å². The first-order chi connectivity index (χ1) is 12.6. The first-order valence-electron chi connectivity index (χ1n) is 7.47. The lowest BCUT2D eigenvalue weighted by Gasteiger charge is -2.09. The summed E-state index contributed by atoms with van der Waals surface area (Å²) in [6.07, 6.45) is -4.62. The Bertz CT molecular complexity index is 896. The van der Waals surface area contributed by atoms with E-state index in [1.54, 1.807) is 0 Å². The van der Waals surface area contributed by atoms with Gasteiger partial charge in [0.15, 0.2) is 6.61 Å². The third-order valence-electron chi connectivity index (χ3n) is 3.45. The van der Waals surface area contributed by atoms with E-state index >= 15 is 0 Å². The van der Waals surface area contributed by atoms with Gasteiger partial charge in [0.25, 0.3) is 11.6 Å². The molecule has 7 nitrogen and oxygen atoms in total. The first kappa shape index (κ1) is 19.9. The van der Waals surface area contributed by atoms with Gasteiger partial charge in [-0.15, -0.1) is 0 Å². The molecular formula is C17H13F3N2O5. The standard InChI is InChI=1S/C17H13F3N2O5/c1-10-5-6-13(8-14(10)22(25)26)21-15(23)9-27-16(24)11-3-2-4-12(7-11)17(18,19)20/h2-8H,9H2,1H3,(H,21,23). The molecule has 0 fully saturated rings. The third kappa shape index (κ3) is 5.27. The molecule has 0 aliphatic rings. The van der Waals surface area contributed by atoms with Gasteiger partial charge in [-0.3, -0.25) is 14.9 Å². The molecule has 2 aromatic carbocycles. The summed E-state index contributed by atoms with van der Waals surface area (Å²) in [5.41, 5.74) is -1.06. The number of hydrogen-bond acceptors (Lipinski definition) is 5. The molecule has 0 heterocycles. The van der Waals surface area contributed by atoms with E-state index in [1.807, 2.05) is 0 Å². The van der Waals surface area contributed by atoms with Crippen LogP contribution in [0.3, 0.4) is 0 Å². The van der Waals surface area contributed by atoms with Crippen LogP contribution in [0.2, 0.25) is 0 Å². The fourth-order valence-electron chi connectivity index (χ4n) is 2.12. The minimum atomic E-state index is -4.62. The number of amides is 1. The average Bonchev–Trinajstić information content (AvgIpc) is 2.60. The summed E-state index contributed by atoms with van der Waals surface area (Å²) in [6, 6.07) is 7.58. The zero-order valence-corrected chi connectivity index (χ0v) is 13.9. The maximum atomic E-state index is 12.6. The smallest absolute Gasteiger partial charge is 0.416 e. The fourth-order valence-corrected chi connectivity index (χ4v) is 2.12. The molecule has 0 unspecified atom stereocenters. The van der Waals surface area contributed by atoms with Gasteiger partial charge in [-0.05, 0) is 31.2 Å². The van der Waals surface area contributed by atoms with Crippen LogP contribution in [0.1, 0.15) is 21.5 Å². The lowest BCUT2D eigenvalue weighted by Crippen LogP contribution is -2.21. The highest BCUT2D eigenvalue weighted by Crippen LogP contribution is 2.29. The maximum absolute atomic E-state index is 12.6. The number of alkyl halides is 3. The molecule has 0 bridgehead atoms. The van der Waals surface area contributed by atoms with Crippen molar-refractivity contribution in [1.29, 1.82) is 0 Å². The van der Waals surface area contributed by atoms with Crippen LogP contribution in [-0.2, 0) is 15.7 Å². The lowest BCUT2D eigenvalue weighted by molar-refractivity contribution is -0.385. The minimum absolute atomic E-state index is 0.118. The second kappa shape index (κ2) is 7.85. The third-order valence-corrected chi connectivity index (χ3v) is 3.45. The molecule has 0 saturated heterocycles. The largest absolute Gasteiger partial charge is 0.452 e. The van der Waals surface area contributed by atoms with Gasteiger partial charge in [-0.1, -0.05) is 12.1 Å². The van der Waals surface area contributed by atoms with Crippen molar-refractivity contribution in [1.82, 2.24) is 0 Å². The number of nitrogens with one attached hydrogen (secondary N) is 1. The van der Waals surface area contributed by atoms with Crippen LogP contribution >= 0.6 is 0 Å². The molecule has 0 aromatic heterocycles. The van der Waals surface area contributed by atoms with Crippen molar-refractivity contribution in [3.8, 4) is 0 Å². The van der Waals surface area contributed by atoms with E-state index in [4.69, 9.17) is 0 Å². The molecule has 1 amide bonds. The first-order valence-corrected chi connectivity index (χ1v) is 7.47. The zero-order chi connectivity index (χ0) is 20.2. The predicted molar refractivity (Wildman–Crippen MR) is 88.2 cm³/mol. The monoisotopic (exact) mass is 382 g/mol. The number of carbonyl (C=O) groups excluding carboxylic acids is 2. The van der Waals surface area contributed by atoms with Crippen LogP contribution in [0, 0.1) is 17.0 Å². The van der Waals surface area contributed by atoms with Crippen LogP contribution in [0.15, 0.2) is 42.5 Å². The van der Waals surface area contributed by atoms with E-state index in [2.05, 4.69) is 10.1 Å². The summed E-state index contributed by atoms with van der Waals surface area (Å²) >= 11 is 0. The van der Waals surface area contributed by atoms with Gasteiger partial charge < -0.3 is 10.1 Å². The second-order valence-electron chi connectivity index (χ2n) is 5.46. The number of esters is 1. The molecule has 10 heteroatoms. The van der Waals surface area contributed by atoms with Gasteiger partial charge in [0.2, 0.25) is 0 Å². The molecule has 0 aliphatic carbocycles. The number of nitro benzene ring substituents is 1. The highest BCUT2D eigenvalue weighted by Gasteiger charge is 2.31. The van der Waals surface area contributed by atoms with Gasteiger partial charge in [0.05, 0.1) is 16.1 Å². The minimum Gasteiger partial charge on any atom is -0.452 e. The fraction of sp³-hybridized carbons (Fsp3) is 0.176. The van der Waals surface area contributed by atoms with E-state index < -0.39 is 35.1 Å². The van der Waals surface area contributed by atoms with Crippen molar-refractivity contribution in [2.24, 2.45) is 0 Å². The number of rotatable bonds is 5. The molecule has 142 valence electrons.